The van der Waals surface area contributed by atoms with Gasteiger partial charge in [-0.25, -0.2) is 0 Å². The number of carbonyl (C=O) groups is 2. The molecular weight excluding hydrogens is 596 g/mol. The zero-order chi connectivity index (χ0) is 34.3. The van der Waals surface area contributed by atoms with E-state index < -0.39 is 57.9 Å². The smallest absolute Gasteiger partial charge is 0.308 e. The van der Waals surface area contributed by atoms with E-state index in [1.807, 2.05) is 65.5 Å². The standard InChI is InChI=1S/C34H60N2O10/c1-29(2)19-33(41,20-30(3,4)35(29)45-25-15-11-9-13-23(25)37)43-27(39)17-18-28(40)44-34(42)21-31(5,6)36(32(7,8)22-34)46-26-16-12-10-14-24(26)38/h23-26,37-38,41-42H,9-22H2,1-8H3. The molecule has 2 saturated carbocycles. The summed E-state index contributed by atoms with van der Waals surface area (Å²) in [6, 6.07) is 0. The average molecular weight is 657 g/mol. The number of ether oxygens (including phenoxy) is 2. The van der Waals surface area contributed by atoms with Crippen molar-refractivity contribution in [3.63, 3.8) is 0 Å². The fraction of sp³-hybridized carbons (Fsp3) is 0.941. The molecule has 266 valence electrons. The topological polar surface area (TPSA) is 158 Å². The lowest BCUT2D eigenvalue weighted by molar-refractivity contribution is -0.362. The molecule has 2 aliphatic heterocycles. The quantitative estimate of drug-likeness (QED) is 0.209. The van der Waals surface area contributed by atoms with E-state index in [1.165, 1.54) is 0 Å². The maximum Gasteiger partial charge on any atom is 0.308 e. The van der Waals surface area contributed by atoms with E-state index in [9.17, 15) is 30.0 Å². The number of hydroxylamine groups is 4. The molecule has 4 atom stereocenters. The van der Waals surface area contributed by atoms with Crippen LogP contribution in [0.15, 0.2) is 0 Å². The van der Waals surface area contributed by atoms with Gasteiger partial charge in [-0.1, -0.05) is 25.7 Å². The number of nitrogens with zero attached hydrogens (tertiary/aromatic N) is 2. The van der Waals surface area contributed by atoms with E-state index in [1.54, 1.807) is 0 Å². The molecule has 46 heavy (non-hydrogen) atoms. The molecule has 0 bridgehead atoms. The van der Waals surface area contributed by atoms with Gasteiger partial charge in [0.05, 0.1) is 25.0 Å². The minimum absolute atomic E-state index is 0.0722. The summed E-state index contributed by atoms with van der Waals surface area (Å²) in [7, 11) is 0. The third-order valence-corrected chi connectivity index (χ3v) is 9.99. The Hall–Kier alpha value is -1.38. The van der Waals surface area contributed by atoms with Crippen molar-refractivity contribution in [3.05, 3.63) is 0 Å². The highest BCUT2D eigenvalue weighted by Gasteiger charge is 2.57. The lowest BCUT2D eigenvalue weighted by Crippen LogP contribution is -2.67. The molecule has 0 aromatic carbocycles. The predicted molar refractivity (Wildman–Crippen MR) is 168 cm³/mol. The molecule has 4 N–H and O–H groups in total. The van der Waals surface area contributed by atoms with E-state index in [0.717, 1.165) is 38.5 Å². The number of hydrogen-bond donors (Lipinski definition) is 4. The second kappa shape index (κ2) is 13.5. The van der Waals surface area contributed by atoms with Crippen molar-refractivity contribution < 1.29 is 49.2 Å². The van der Waals surface area contributed by atoms with Crippen LogP contribution in [-0.2, 0) is 28.7 Å². The van der Waals surface area contributed by atoms with Crippen molar-refractivity contribution in [1.82, 2.24) is 10.1 Å². The zero-order valence-electron chi connectivity index (χ0n) is 29.3. The molecule has 0 radical (unpaired) electrons. The van der Waals surface area contributed by atoms with Gasteiger partial charge in [-0.15, -0.1) is 0 Å². The molecule has 12 heteroatoms. The lowest BCUT2D eigenvalue weighted by Gasteiger charge is -2.57. The first-order valence-electron chi connectivity index (χ1n) is 17.3. The minimum atomic E-state index is -1.79. The summed E-state index contributed by atoms with van der Waals surface area (Å²) < 4.78 is 11.2. The summed E-state index contributed by atoms with van der Waals surface area (Å²) in [6.07, 6.45) is 4.64. The Morgan fingerprint density at radius 3 is 1.13 bits per heavy atom. The fourth-order valence-corrected chi connectivity index (χ4v) is 8.87. The normalized spacial score (nSPS) is 33.6. The van der Waals surface area contributed by atoms with Gasteiger partial charge in [0.25, 0.3) is 0 Å². The largest absolute Gasteiger partial charge is 0.433 e. The molecular formula is C34H60N2O10. The van der Waals surface area contributed by atoms with Gasteiger partial charge >= 0.3 is 11.9 Å². The van der Waals surface area contributed by atoms with Crippen LogP contribution in [0.4, 0.5) is 0 Å². The Kier molecular flexibility index (Phi) is 11.0. The molecule has 2 aliphatic carbocycles. The van der Waals surface area contributed by atoms with Crippen LogP contribution in [-0.4, -0.2) is 101 Å². The van der Waals surface area contributed by atoms with Crippen LogP contribution in [0.1, 0.15) is 145 Å². The van der Waals surface area contributed by atoms with Crippen LogP contribution in [0, 0.1) is 0 Å². The van der Waals surface area contributed by atoms with Gasteiger partial charge < -0.3 is 29.9 Å². The van der Waals surface area contributed by atoms with Crippen molar-refractivity contribution in [2.45, 2.75) is 203 Å². The summed E-state index contributed by atoms with van der Waals surface area (Å²) >= 11 is 0. The number of aliphatic hydroxyl groups excluding tert-OH is 2. The number of piperidine rings is 2. The van der Waals surface area contributed by atoms with E-state index in [2.05, 4.69) is 0 Å². The highest BCUT2D eigenvalue weighted by Crippen LogP contribution is 2.47. The second-order valence-corrected chi connectivity index (χ2v) is 16.9. The number of aliphatic hydroxyl groups is 4. The molecule has 12 nitrogen and oxygen atoms in total. The molecule has 0 spiro atoms. The molecule has 4 fully saturated rings. The fourth-order valence-electron chi connectivity index (χ4n) is 8.87. The van der Waals surface area contributed by atoms with Crippen LogP contribution in [0.2, 0.25) is 0 Å². The van der Waals surface area contributed by atoms with Gasteiger partial charge in [-0.05, 0) is 81.1 Å². The first-order chi connectivity index (χ1) is 21.1. The van der Waals surface area contributed by atoms with Gasteiger partial charge in [0.15, 0.2) is 0 Å². The Labute approximate surface area is 274 Å². The Morgan fingerprint density at radius 2 is 0.848 bits per heavy atom. The summed E-state index contributed by atoms with van der Waals surface area (Å²) in [4.78, 5) is 38.6. The first-order valence-corrected chi connectivity index (χ1v) is 17.3. The van der Waals surface area contributed by atoms with E-state index in [0.29, 0.717) is 12.8 Å². The molecule has 4 unspecified atom stereocenters. The van der Waals surface area contributed by atoms with E-state index in [-0.39, 0.29) is 50.7 Å². The molecule has 0 aromatic rings. The van der Waals surface area contributed by atoms with Crippen molar-refractivity contribution in [2.24, 2.45) is 0 Å². The number of carbonyl (C=O) groups excluding carboxylic acids is 2. The SMILES string of the molecule is CC1(C)CC(O)(OC(=O)CCC(=O)OC2(O)CC(C)(C)N(OC3CCCCC3O)C(C)(C)C2)CC(C)(C)N1OC1CCCCC1O. The van der Waals surface area contributed by atoms with E-state index in [4.69, 9.17) is 19.1 Å². The molecule has 2 heterocycles. The summed E-state index contributed by atoms with van der Waals surface area (Å²) in [5, 5.41) is 47.5. The summed E-state index contributed by atoms with van der Waals surface area (Å²) in [6.45, 7) is 15.2. The zero-order valence-corrected chi connectivity index (χ0v) is 29.3. The maximum absolute atomic E-state index is 12.9. The van der Waals surface area contributed by atoms with Crippen LogP contribution in [0.3, 0.4) is 0 Å². The third-order valence-electron chi connectivity index (χ3n) is 9.99. The van der Waals surface area contributed by atoms with E-state index >= 15 is 0 Å². The second-order valence-electron chi connectivity index (χ2n) is 16.9. The van der Waals surface area contributed by atoms with Gasteiger partial charge in [0.1, 0.15) is 12.2 Å². The average Bonchev–Trinajstić information content (AvgIpc) is 2.87. The highest BCUT2D eigenvalue weighted by molar-refractivity contribution is 5.78. The van der Waals surface area contributed by atoms with Gasteiger partial charge in [0, 0.05) is 47.8 Å². The van der Waals surface area contributed by atoms with Crippen molar-refractivity contribution in [3.8, 4) is 0 Å². The predicted octanol–water partition coefficient (Wildman–Crippen LogP) is 4.01. The van der Waals surface area contributed by atoms with Gasteiger partial charge in [-0.2, -0.15) is 10.1 Å². The van der Waals surface area contributed by atoms with Crippen molar-refractivity contribution in [2.75, 3.05) is 0 Å². The van der Waals surface area contributed by atoms with Gasteiger partial charge in [-0.3, -0.25) is 19.3 Å². The summed E-state index contributed by atoms with van der Waals surface area (Å²) in [5.74, 6) is -5.07. The molecule has 4 rings (SSSR count). The van der Waals surface area contributed by atoms with Crippen LogP contribution >= 0.6 is 0 Å². The first kappa shape index (κ1) is 37.4. The Bertz CT molecular complexity index is 972. The van der Waals surface area contributed by atoms with Crippen molar-refractivity contribution >= 4 is 11.9 Å². The lowest BCUT2D eigenvalue weighted by atomic mass is 9.78. The van der Waals surface area contributed by atoms with Crippen LogP contribution in [0.25, 0.3) is 0 Å². The minimum Gasteiger partial charge on any atom is -0.433 e. The summed E-state index contributed by atoms with van der Waals surface area (Å²) in [5.41, 5.74) is -2.93. The third kappa shape index (κ3) is 8.80. The Balaban J connectivity index is 1.31. The van der Waals surface area contributed by atoms with Crippen LogP contribution in [0.5, 0.6) is 0 Å². The number of hydrogen-bond acceptors (Lipinski definition) is 12. The highest BCUT2D eigenvalue weighted by atomic mass is 16.7. The molecule has 2 saturated heterocycles. The van der Waals surface area contributed by atoms with Gasteiger partial charge in [0.2, 0.25) is 11.6 Å². The maximum atomic E-state index is 12.9. The monoisotopic (exact) mass is 656 g/mol. The van der Waals surface area contributed by atoms with Crippen LogP contribution < -0.4 is 0 Å². The Morgan fingerprint density at radius 1 is 0.565 bits per heavy atom. The molecule has 0 amide bonds. The molecule has 0 aromatic heterocycles. The molecule has 4 aliphatic rings. The number of esters is 2. The number of rotatable bonds is 9. The van der Waals surface area contributed by atoms with Crippen molar-refractivity contribution in [1.29, 1.82) is 0 Å².